The van der Waals surface area contributed by atoms with E-state index in [1.807, 2.05) is 12.1 Å². The maximum atomic E-state index is 11.1. The van der Waals surface area contributed by atoms with E-state index in [0.717, 1.165) is 19.1 Å². The van der Waals surface area contributed by atoms with E-state index in [-0.39, 0.29) is 24.5 Å². The highest BCUT2D eigenvalue weighted by molar-refractivity contribution is 14.1. The molecular formula is C10H10ClI2NO3. The van der Waals surface area contributed by atoms with E-state index in [9.17, 15) is 9.90 Å². The molecule has 1 atom stereocenters. The second-order valence-corrected chi connectivity index (χ2v) is 5.78. The molecule has 1 saturated heterocycles. The molecule has 1 aliphatic rings. The SMILES string of the molecule is Cl.O=C1N[C@H](c2cc(I)c(O)c(I)c2)CCO1. The zero-order chi connectivity index (χ0) is 11.7. The topological polar surface area (TPSA) is 58.6 Å². The zero-order valence-electron chi connectivity index (χ0n) is 8.57. The van der Waals surface area contributed by atoms with Crippen molar-refractivity contribution in [3.05, 3.63) is 24.8 Å². The monoisotopic (exact) mass is 481 g/mol. The molecule has 94 valence electrons. The average molecular weight is 481 g/mol. The van der Waals surface area contributed by atoms with Crippen LogP contribution in [0.25, 0.3) is 0 Å². The Morgan fingerprint density at radius 3 is 2.47 bits per heavy atom. The van der Waals surface area contributed by atoms with Crippen molar-refractivity contribution < 1.29 is 14.6 Å². The van der Waals surface area contributed by atoms with Gasteiger partial charge in [0.15, 0.2) is 0 Å². The Bertz CT molecular complexity index is 419. The van der Waals surface area contributed by atoms with Crippen molar-refractivity contribution in [3.8, 4) is 5.75 Å². The Kier molecular flexibility index (Phi) is 5.58. The molecule has 0 spiro atoms. The first-order chi connectivity index (χ1) is 7.58. The van der Waals surface area contributed by atoms with E-state index >= 15 is 0 Å². The summed E-state index contributed by atoms with van der Waals surface area (Å²) < 4.78 is 6.39. The number of ether oxygens (including phenoxy) is 1. The number of phenolic OH excluding ortho intramolecular Hbond substituents is 1. The number of carbonyl (C=O) groups excluding carboxylic acids is 1. The van der Waals surface area contributed by atoms with Gasteiger partial charge in [-0.2, -0.15) is 0 Å². The van der Waals surface area contributed by atoms with Gasteiger partial charge in [0, 0.05) is 6.42 Å². The van der Waals surface area contributed by atoms with Crippen molar-refractivity contribution >= 4 is 63.7 Å². The fourth-order valence-electron chi connectivity index (χ4n) is 1.56. The number of halogens is 3. The number of cyclic esters (lactones) is 1. The number of hydrogen-bond donors (Lipinski definition) is 2. The zero-order valence-corrected chi connectivity index (χ0v) is 13.7. The molecule has 0 bridgehead atoms. The summed E-state index contributed by atoms with van der Waals surface area (Å²) >= 11 is 4.16. The highest BCUT2D eigenvalue weighted by atomic mass is 127. The molecule has 2 N–H and O–H groups in total. The summed E-state index contributed by atoms with van der Waals surface area (Å²) in [5, 5.41) is 12.4. The van der Waals surface area contributed by atoms with Crippen LogP contribution in [0.4, 0.5) is 4.79 Å². The summed E-state index contributed by atoms with van der Waals surface area (Å²) in [5.74, 6) is 0.295. The quantitative estimate of drug-likeness (QED) is 0.606. The maximum Gasteiger partial charge on any atom is 0.407 e. The van der Waals surface area contributed by atoms with Crippen LogP contribution >= 0.6 is 57.6 Å². The number of benzene rings is 1. The molecule has 2 rings (SSSR count). The lowest BCUT2D eigenvalue weighted by molar-refractivity contribution is 0.115. The number of rotatable bonds is 1. The minimum absolute atomic E-state index is 0. The first-order valence-electron chi connectivity index (χ1n) is 4.69. The van der Waals surface area contributed by atoms with Crippen LogP contribution in [0.2, 0.25) is 0 Å². The van der Waals surface area contributed by atoms with Gasteiger partial charge in [-0.25, -0.2) is 4.79 Å². The van der Waals surface area contributed by atoms with E-state index in [2.05, 4.69) is 50.5 Å². The van der Waals surface area contributed by atoms with Crippen LogP contribution in [-0.4, -0.2) is 17.8 Å². The number of carbonyl (C=O) groups is 1. The van der Waals surface area contributed by atoms with Gasteiger partial charge in [-0.05, 0) is 62.9 Å². The van der Waals surface area contributed by atoms with E-state index in [1.54, 1.807) is 0 Å². The number of amides is 1. The normalized spacial score (nSPS) is 18.9. The second kappa shape index (κ2) is 6.28. The number of phenols is 1. The van der Waals surface area contributed by atoms with Gasteiger partial charge < -0.3 is 15.2 Å². The summed E-state index contributed by atoms with van der Waals surface area (Å²) in [7, 11) is 0. The van der Waals surface area contributed by atoms with Crippen LogP contribution in [0.5, 0.6) is 5.75 Å². The lowest BCUT2D eigenvalue weighted by atomic mass is 10.0. The first kappa shape index (κ1) is 15.1. The minimum Gasteiger partial charge on any atom is -0.506 e. The molecule has 0 radical (unpaired) electrons. The van der Waals surface area contributed by atoms with Gasteiger partial charge in [-0.1, -0.05) is 0 Å². The molecule has 0 unspecified atom stereocenters. The summed E-state index contributed by atoms with van der Waals surface area (Å²) in [6.45, 7) is 0.435. The molecule has 1 fully saturated rings. The van der Waals surface area contributed by atoms with Gasteiger partial charge in [-0.15, -0.1) is 12.4 Å². The van der Waals surface area contributed by atoms with Gasteiger partial charge in [0.25, 0.3) is 0 Å². The Balaban J connectivity index is 0.00000144. The van der Waals surface area contributed by atoms with Crippen molar-refractivity contribution in [1.29, 1.82) is 0 Å². The van der Waals surface area contributed by atoms with Crippen LogP contribution in [0, 0.1) is 7.14 Å². The molecule has 1 amide bonds. The Morgan fingerprint density at radius 2 is 1.94 bits per heavy atom. The highest BCUT2D eigenvalue weighted by Gasteiger charge is 2.22. The third-order valence-electron chi connectivity index (χ3n) is 2.37. The predicted octanol–water partition coefficient (Wildman–Crippen LogP) is 3.19. The number of nitrogens with one attached hydrogen (secondary N) is 1. The first-order valence-corrected chi connectivity index (χ1v) is 6.85. The molecule has 1 aromatic carbocycles. The summed E-state index contributed by atoms with van der Waals surface area (Å²) in [4.78, 5) is 11.1. The van der Waals surface area contributed by atoms with Crippen molar-refractivity contribution in [3.63, 3.8) is 0 Å². The van der Waals surface area contributed by atoms with E-state index in [0.29, 0.717) is 12.4 Å². The minimum atomic E-state index is -0.380. The molecular weight excluding hydrogens is 471 g/mol. The number of hydrogen-bond acceptors (Lipinski definition) is 3. The standard InChI is InChI=1S/C10H9I2NO3.ClH/c11-6-3-5(4-7(12)9(6)14)8-1-2-16-10(15)13-8;/h3-4,8,14H,1-2H2,(H,13,15);1H/t8-;/m0./s1. The summed E-state index contributed by atoms with van der Waals surface area (Å²) in [6.07, 6.45) is 0.372. The van der Waals surface area contributed by atoms with Crippen LogP contribution in [-0.2, 0) is 4.74 Å². The lowest BCUT2D eigenvalue weighted by Gasteiger charge is -2.24. The van der Waals surface area contributed by atoms with Gasteiger partial charge in [0.1, 0.15) is 5.75 Å². The third kappa shape index (κ3) is 3.50. The summed E-state index contributed by atoms with van der Waals surface area (Å²) in [5.41, 5.74) is 1.00. The van der Waals surface area contributed by atoms with Crippen LogP contribution in [0.1, 0.15) is 18.0 Å². The number of aromatic hydroxyl groups is 1. The number of alkyl carbamates (subject to hydrolysis) is 1. The molecule has 1 heterocycles. The van der Waals surface area contributed by atoms with Crippen LogP contribution in [0.3, 0.4) is 0 Å². The van der Waals surface area contributed by atoms with E-state index in [4.69, 9.17) is 4.74 Å². The van der Waals surface area contributed by atoms with Crippen molar-refractivity contribution in [2.75, 3.05) is 6.61 Å². The van der Waals surface area contributed by atoms with E-state index < -0.39 is 0 Å². The highest BCUT2D eigenvalue weighted by Crippen LogP contribution is 2.31. The third-order valence-corrected chi connectivity index (χ3v) is 4.02. The van der Waals surface area contributed by atoms with Crippen molar-refractivity contribution in [2.24, 2.45) is 0 Å². The smallest absolute Gasteiger partial charge is 0.407 e. The molecule has 4 nitrogen and oxygen atoms in total. The van der Waals surface area contributed by atoms with Crippen molar-refractivity contribution in [1.82, 2.24) is 5.32 Å². The predicted molar refractivity (Wildman–Crippen MR) is 82.6 cm³/mol. The Labute approximate surface area is 132 Å². The van der Waals surface area contributed by atoms with Gasteiger partial charge in [-0.3, -0.25) is 0 Å². The Morgan fingerprint density at radius 1 is 1.35 bits per heavy atom. The lowest BCUT2D eigenvalue weighted by Crippen LogP contribution is -2.35. The fraction of sp³-hybridized carbons (Fsp3) is 0.300. The molecule has 0 aliphatic carbocycles. The molecule has 7 heteroatoms. The molecule has 0 aromatic heterocycles. The Hall–Kier alpha value is 0.0400. The fourth-order valence-corrected chi connectivity index (χ4v) is 3.38. The van der Waals surface area contributed by atoms with Gasteiger partial charge >= 0.3 is 6.09 Å². The largest absolute Gasteiger partial charge is 0.506 e. The van der Waals surface area contributed by atoms with Crippen molar-refractivity contribution in [2.45, 2.75) is 12.5 Å². The summed E-state index contributed by atoms with van der Waals surface area (Å²) in [6, 6.07) is 3.74. The van der Waals surface area contributed by atoms with Crippen LogP contribution < -0.4 is 5.32 Å². The molecule has 1 aliphatic heterocycles. The maximum absolute atomic E-state index is 11.1. The van der Waals surface area contributed by atoms with Crippen LogP contribution in [0.15, 0.2) is 12.1 Å². The molecule has 0 saturated carbocycles. The van der Waals surface area contributed by atoms with E-state index in [1.165, 1.54) is 0 Å². The molecule has 17 heavy (non-hydrogen) atoms. The van der Waals surface area contributed by atoms with Gasteiger partial charge in [0.2, 0.25) is 0 Å². The molecule has 1 aromatic rings. The van der Waals surface area contributed by atoms with Gasteiger partial charge in [0.05, 0.1) is 19.8 Å². The average Bonchev–Trinajstić information content (AvgIpc) is 2.25. The second-order valence-electron chi connectivity index (χ2n) is 3.45.